The van der Waals surface area contributed by atoms with Gasteiger partial charge in [0, 0.05) is 20.1 Å². The lowest BCUT2D eigenvalue weighted by molar-refractivity contribution is -0.172. The number of carbonyl (C=O) groups excluding carboxylic acids is 1. The van der Waals surface area contributed by atoms with Crippen molar-refractivity contribution in [2.45, 2.75) is 25.2 Å². The van der Waals surface area contributed by atoms with Gasteiger partial charge in [0.2, 0.25) is 0 Å². The van der Waals surface area contributed by atoms with Gasteiger partial charge in [-0.05, 0) is 13.0 Å². The van der Waals surface area contributed by atoms with E-state index in [9.17, 15) is 9.90 Å². The van der Waals surface area contributed by atoms with Crippen LogP contribution in [0.5, 0.6) is 0 Å². The molecule has 1 N–H and O–H groups in total. The predicted octanol–water partition coefficient (Wildman–Crippen LogP) is 0.100. The van der Waals surface area contributed by atoms with Gasteiger partial charge in [-0.15, -0.1) is 0 Å². The zero-order valence-electron chi connectivity index (χ0n) is 11.4. The number of hydrogen-bond donors (Lipinski definition) is 1. The Hall–Kier alpha value is -0.790. The number of aliphatic hydroxyl groups excluding tert-OH is 1. The van der Waals surface area contributed by atoms with E-state index in [1.54, 1.807) is 6.08 Å². The first-order valence-electron chi connectivity index (χ1n) is 6.23. The van der Waals surface area contributed by atoms with E-state index in [-0.39, 0.29) is 25.3 Å². The van der Waals surface area contributed by atoms with Crippen LogP contribution < -0.4 is 0 Å². The molecule has 0 unspecified atom stereocenters. The maximum absolute atomic E-state index is 12.0. The van der Waals surface area contributed by atoms with Crippen molar-refractivity contribution in [2.75, 3.05) is 27.8 Å². The fraction of sp³-hybridized carbons (Fsp3) is 0.769. The Morgan fingerprint density at radius 1 is 1.11 bits per heavy atom. The third-order valence-electron chi connectivity index (χ3n) is 3.75. The van der Waals surface area contributed by atoms with Crippen LogP contribution in [-0.2, 0) is 23.7 Å². The van der Waals surface area contributed by atoms with Gasteiger partial charge in [0.1, 0.15) is 19.7 Å². The van der Waals surface area contributed by atoms with Crippen LogP contribution in [0, 0.1) is 11.8 Å². The van der Waals surface area contributed by atoms with Gasteiger partial charge < -0.3 is 24.1 Å². The molecular formula is C13H20O6. The molecule has 0 amide bonds. The average Bonchev–Trinajstić information content (AvgIpc) is 2.82. The van der Waals surface area contributed by atoms with Gasteiger partial charge in [0.15, 0.2) is 5.78 Å². The van der Waals surface area contributed by atoms with Crippen LogP contribution in [0.25, 0.3) is 0 Å². The second-order valence-corrected chi connectivity index (χ2v) is 4.91. The molecule has 0 radical (unpaired) electrons. The lowest BCUT2D eigenvalue weighted by Crippen LogP contribution is -2.38. The van der Waals surface area contributed by atoms with E-state index >= 15 is 0 Å². The van der Waals surface area contributed by atoms with Gasteiger partial charge in [-0.25, -0.2) is 0 Å². The van der Waals surface area contributed by atoms with Crippen molar-refractivity contribution in [1.82, 2.24) is 0 Å². The molecule has 0 aromatic carbocycles. The first-order valence-corrected chi connectivity index (χ1v) is 6.23. The monoisotopic (exact) mass is 272 g/mol. The van der Waals surface area contributed by atoms with Gasteiger partial charge in [-0.2, -0.15) is 0 Å². The van der Waals surface area contributed by atoms with Crippen molar-refractivity contribution in [1.29, 1.82) is 0 Å². The maximum atomic E-state index is 12.0. The zero-order chi connectivity index (χ0) is 14.0. The lowest BCUT2D eigenvalue weighted by Gasteiger charge is -2.24. The number of carbonyl (C=O) groups is 1. The van der Waals surface area contributed by atoms with E-state index in [2.05, 4.69) is 0 Å². The molecule has 5 atom stereocenters. The molecule has 2 aliphatic rings. The fourth-order valence-electron chi connectivity index (χ4n) is 3.01. The molecule has 0 bridgehead atoms. The third kappa shape index (κ3) is 2.59. The van der Waals surface area contributed by atoms with Crippen LogP contribution in [0.1, 0.15) is 6.92 Å². The molecule has 6 heteroatoms. The van der Waals surface area contributed by atoms with Crippen LogP contribution in [0.2, 0.25) is 0 Å². The van der Waals surface area contributed by atoms with Crippen LogP contribution >= 0.6 is 0 Å². The topological polar surface area (TPSA) is 74.2 Å². The molecular weight excluding hydrogens is 252 g/mol. The quantitative estimate of drug-likeness (QED) is 0.691. The Bertz CT molecular complexity index is 366. The summed E-state index contributed by atoms with van der Waals surface area (Å²) in [5.41, 5.74) is 0.872. The maximum Gasteiger partial charge on any atom is 0.162 e. The van der Waals surface area contributed by atoms with Crippen molar-refractivity contribution in [2.24, 2.45) is 11.8 Å². The SMILES string of the molecule is COCO[C@H]1[C@@H](O)[C@H]2C(C)=CC(=O)[C@H]2[C@H]1OCOC. The molecule has 19 heavy (non-hydrogen) atoms. The standard InChI is InChI=1S/C13H20O6/c1-7-4-8(14)10-9(7)11(15)13(19-6-17-3)12(10)18-5-16-2/h4,9-13,15H,5-6H2,1-3H3/t9-,10+,11-,12+,13-/m0/s1. The Labute approximate surface area is 112 Å². The Balaban J connectivity index is 2.17. The second kappa shape index (κ2) is 6.11. The Kier molecular flexibility index (Phi) is 4.70. The number of fused-ring (bicyclic) bond motifs is 1. The number of aliphatic hydroxyl groups is 1. The summed E-state index contributed by atoms with van der Waals surface area (Å²) in [6.45, 7) is 1.95. The van der Waals surface area contributed by atoms with Crippen LogP contribution in [0.4, 0.5) is 0 Å². The minimum Gasteiger partial charge on any atom is -0.390 e. The van der Waals surface area contributed by atoms with Gasteiger partial charge in [-0.1, -0.05) is 5.57 Å². The summed E-state index contributed by atoms with van der Waals surface area (Å²) >= 11 is 0. The molecule has 1 saturated carbocycles. The number of ketones is 1. The van der Waals surface area contributed by atoms with Crippen LogP contribution in [0.3, 0.4) is 0 Å². The summed E-state index contributed by atoms with van der Waals surface area (Å²) in [4.78, 5) is 12.0. The normalized spacial score (nSPS) is 37.6. The fourth-order valence-corrected chi connectivity index (χ4v) is 3.01. The highest BCUT2D eigenvalue weighted by atomic mass is 16.7. The van der Waals surface area contributed by atoms with Gasteiger partial charge in [0.05, 0.1) is 18.1 Å². The number of ether oxygens (including phenoxy) is 4. The highest BCUT2D eigenvalue weighted by molar-refractivity contribution is 5.96. The van der Waals surface area contributed by atoms with Gasteiger partial charge in [0.25, 0.3) is 0 Å². The number of hydrogen-bond acceptors (Lipinski definition) is 6. The largest absolute Gasteiger partial charge is 0.390 e. The number of methoxy groups -OCH3 is 2. The number of rotatable bonds is 6. The van der Waals surface area contributed by atoms with Crippen molar-refractivity contribution in [3.05, 3.63) is 11.6 Å². The van der Waals surface area contributed by atoms with E-state index in [0.717, 1.165) is 5.57 Å². The molecule has 1 fully saturated rings. The summed E-state index contributed by atoms with van der Waals surface area (Å²) in [5.74, 6) is -0.658. The van der Waals surface area contributed by atoms with Crippen molar-refractivity contribution < 1.29 is 28.8 Å². The Morgan fingerprint density at radius 2 is 1.68 bits per heavy atom. The molecule has 0 aliphatic heterocycles. The van der Waals surface area contributed by atoms with E-state index in [1.807, 2.05) is 6.92 Å². The second-order valence-electron chi connectivity index (χ2n) is 4.91. The lowest BCUT2D eigenvalue weighted by atomic mass is 9.93. The predicted molar refractivity (Wildman–Crippen MR) is 65.2 cm³/mol. The van der Waals surface area contributed by atoms with Crippen LogP contribution in [-0.4, -0.2) is 57.0 Å². The van der Waals surface area contributed by atoms with Crippen molar-refractivity contribution >= 4 is 5.78 Å². The minimum absolute atomic E-state index is 0.0221. The number of allylic oxidation sites excluding steroid dienone is 1. The van der Waals surface area contributed by atoms with Gasteiger partial charge >= 0.3 is 0 Å². The molecule has 0 aromatic rings. The molecule has 0 saturated heterocycles. The molecule has 2 rings (SSSR count). The minimum atomic E-state index is -0.773. The summed E-state index contributed by atoms with van der Waals surface area (Å²) in [5, 5.41) is 10.3. The van der Waals surface area contributed by atoms with Gasteiger partial charge in [-0.3, -0.25) is 4.79 Å². The smallest absolute Gasteiger partial charge is 0.162 e. The molecule has 2 aliphatic carbocycles. The molecule has 6 nitrogen and oxygen atoms in total. The van der Waals surface area contributed by atoms with Crippen molar-refractivity contribution in [3.8, 4) is 0 Å². The molecule has 0 aromatic heterocycles. The molecule has 108 valence electrons. The van der Waals surface area contributed by atoms with E-state index in [0.29, 0.717) is 0 Å². The van der Waals surface area contributed by atoms with E-state index in [4.69, 9.17) is 18.9 Å². The Morgan fingerprint density at radius 3 is 2.26 bits per heavy atom. The van der Waals surface area contributed by atoms with Crippen molar-refractivity contribution in [3.63, 3.8) is 0 Å². The summed E-state index contributed by atoms with van der Waals surface area (Å²) in [6, 6.07) is 0. The summed E-state index contributed by atoms with van der Waals surface area (Å²) in [6.07, 6.45) is -0.299. The third-order valence-corrected chi connectivity index (χ3v) is 3.75. The summed E-state index contributed by atoms with van der Waals surface area (Å²) < 4.78 is 20.8. The summed E-state index contributed by atoms with van der Waals surface area (Å²) in [7, 11) is 3.01. The van der Waals surface area contributed by atoms with E-state index in [1.165, 1.54) is 14.2 Å². The van der Waals surface area contributed by atoms with E-state index < -0.39 is 24.2 Å². The zero-order valence-corrected chi connectivity index (χ0v) is 11.4. The highest BCUT2D eigenvalue weighted by Crippen LogP contribution is 2.45. The van der Waals surface area contributed by atoms with Crippen LogP contribution in [0.15, 0.2) is 11.6 Å². The average molecular weight is 272 g/mol. The first-order chi connectivity index (χ1) is 9.11. The highest BCUT2D eigenvalue weighted by Gasteiger charge is 2.57. The first kappa shape index (κ1) is 14.6. The molecule has 0 heterocycles. The molecule has 0 spiro atoms.